The van der Waals surface area contributed by atoms with Crippen LogP contribution in [0.5, 0.6) is 11.5 Å². The minimum Gasteiger partial charge on any atom is -0.454 e. The highest BCUT2D eigenvalue weighted by atomic mass is 35.5. The van der Waals surface area contributed by atoms with Gasteiger partial charge in [-0.3, -0.25) is 9.59 Å². The minimum atomic E-state index is -0.393. The summed E-state index contributed by atoms with van der Waals surface area (Å²) in [5, 5.41) is 3.47. The Balaban J connectivity index is 1.40. The Bertz CT molecular complexity index is 870. The van der Waals surface area contributed by atoms with Crippen LogP contribution in [0.15, 0.2) is 42.5 Å². The molecule has 0 aromatic heterocycles. The molecule has 2 amide bonds. The fourth-order valence-electron chi connectivity index (χ4n) is 3.15. The van der Waals surface area contributed by atoms with Crippen LogP contribution in [0.4, 0.5) is 5.69 Å². The maximum absolute atomic E-state index is 12.5. The van der Waals surface area contributed by atoms with Gasteiger partial charge in [-0.15, -0.1) is 0 Å². The predicted molar refractivity (Wildman–Crippen MR) is 96.2 cm³/mol. The monoisotopic (exact) mass is 372 g/mol. The first kappa shape index (κ1) is 16.7. The van der Waals surface area contributed by atoms with E-state index < -0.39 is 5.92 Å². The molecule has 1 atom stereocenters. The number of ether oxygens (including phenoxy) is 2. The molecule has 2 heterocycles. The molecule has 26 heavy (non-hydrogen) atoms. The number of nitrogens with one attached hydrogen (secondary N) is 1. The third-order valence-electron chi connectivity index (χ3n) is 4.54. The van der Waals surface area contributed by atoms with Crippen LogP contribution >= 0.6 is 11.6 Å². The van der Waals surface area contributed by atoms with Crippen molar-refractivity contribution in [1.82, 2.24) is 4.90 Å². The Hall–Kier alpha value is -2.73. The zero-order chi connectivity index (χ0) is 18.1. The average molecular weight is 373 g/mol. The fourth-order valence-corrected chi connectivity index (χ4v) is 3.35. The van der Waals surface area contributed by atoms with Crippen LogP contribution in [0.1, 0.15) is 12.0 Å². The van der Waals surface area contributed by atoms with Gasteiger partial charge in [0.05, 0.1) is 5.92 Å². The van der Waals surface area contributed by atoms with Crippen molar-refractivity contribution >= 4 is 29.1 Å². The molecule has 0 spiro atoms. The molecule has 0 radical (unpaired) electrons. The molecular formula is C19H17ClN2O4. The van der Waals surface area contributed by atoms with Crippen molar-refractivity contribution in [3.63, 3.8) is 0 Å². The van der Waals surface area contributed by atoms with E-state index in [1.54, 1.807) is 29.2 Å². The van der Waals surface area contributed by atoms with Gasteiger partial charge in [-0.2, -0.15) is 0 Å². The molecule has 0 unspecified atom stereocenters. The van der Waals surface area contributed by atoms with Crippen molar-refractivity contribution in [2.45, 2.75) is 13.0 Å². The van der Waals surface area contributed by atoms with E-state index >= 15 is 0 Å². The Morgan fingerprint density at radius 2 is 2.00 bits per heavy atom. The fraction of sp³-hybridized carbons (Fsp3) is 0.263. The second-order valence-electron chi connectivity index (χ2n) is 6.32. The van der Waals surface area contributed by atoms with E-state index in [2.05, 4.69) is 5.32 Å². The number of amides is 2. The minimum absolute atomic E-state index is 0.0456. The molecular weight excluding hydrogens is 356 g/mol. The standard InChI is InChI=1S/C19H17ClN2O4/c20-15-4-2-1-3-12(15)9-22-10-13(7-18(22)23)19(24)21-14-5-6-16-17(8-14)26-11-25-16/h1-6,8,13H,7,9-11H2,(H,21,24)/t13-/m0/s1. The third-order valence-corrected chi connectivity index (χ3v) is 4.91. The number of carbonyl (C=O) groups is 2. The maximum Gasteiger partial charge on any atom is 0.231 e. The van der Waals surface area contributed by atoms with Crippen LogP contribution in [0.2, 0.25) is 5.02 Å². The average Bonchev–Trinajstić information content (AvgIpc) is 3.23. The van der Waals surface area contributed by atoms with Gasteiger partial charge in [0.25, 0.3) is 0 Å². The molecule has 6 nitrogen and oxygen atoms in total. The van der Waals surface area contributed by atoms with Gasteiger partial charge in [-0.05, 0) is 23.8 Å². The van der Waals surface area contributed by atoms with Crippen molar-refractivity contribution in [2.24, 2.45) is 5.92 Å². The van der Waals surface area contributed by atoms with Crippen LogP contribution in [-0.2, 0) is 16.1 Å². The SMILES string of the molecule is O=C(Nc1ccc2c(c1)OCO2)[C@H]1CC(=O)N(Cc2ccccc2Cl)C1. The van der Waals surface area contributed by atoms with E-state index in [-0.39, 0.29) is 25.0 Å². The molecule has 1 fully saturated rings. The summed E-state index contributed by atoms with van der Waals surface area (Å²) in [6.07, 6.45) is 0.195. The van der Waals surface area contributed by atoms with Gasteiger partial charge in [0.1, 0.15) is 0 Å². The molecule has 2 aliphatic heterocycles. The van der Waals surface area contributed by atoms with Gasteiger partial charge in [0.15, 0.2) is 11.5 Å². The zero-order valence-electron chi connectivity index (χ0n) is 13.9. The van der Waals surface area contributed by atoms with Crippen LogP contribution in [-0.4, -0.2) is 30.1 Å². The molecule has 7 heteroatoms. The molecule has 1 N–H and O–H groups in total. The number of nitrogens with zero attached hydrogens (tertiary/aromatic N) is 1. The number of likely N-dealkylation sites (tertiary alicyclic amines) is 1. The molecule has 2 aromatic carbocycles. The largest absolute Gasteiger partial charge is 0.454 e. The van der Waals surface area contributed by atoms with E-state index in [0.29, 0.717) is 35.3 Å². The Kier molecular flexibility index (Phi) is 4.42. The summed E-state index contributed by atoms with van der Waals surface area (Å²) >= 11 is 6.16. The highest BCUT2D eigenvalue weighted by Gasteiger charge is 2.34. The van der Waals surface area contributed by atoms with Crippen molar-refractivity contribution in [1.29, 1.82) is 0 Å². The van der Waals surface area contributed by atoms with Gasteiger partial charge >= 0.3 is 0 Å². The van der Waals surface area contributed by atoms with Crippen molar-refractivity contribution < 1.29 is 19.1 Å². The summed E-state index contributed by atoms with van der Waals surface area (Å²) in [5.41, 5.74) is 1.50. The summed E-state index contributed by atoms with van der Waals surface area (Å²) in [6, 6.07) is 12.6. The zero-order valence-corrected chi connectivity index (χ0v) is 14.7. The number of hydrogen-bond acceptors (Lipinski definition) is 4. The number of fused-ring (bicyclic) bond motifs is 1. The lowest BCUT2D eigenvalue weighted by atomic mass is 10.1. The molecule has 1 saturated heterocycles. The molecule has 0 saturated carbocycles. The highest BCUT2D eigenvalue weighted by molar-refractivity contribution is 6.31. The molecule has 4 rings (SSSR count). The van der Waals surface area contributed by atoms with E-state index in [4.69, 9.17) is 21.1 Å². The first-order valence-corrected chi connectivity index (χ1v) is 8.69. The smallest absolute Gasteiger partial charge is 0.231 e. The molecule has 0 aliphatic carbocycles. The van der Waals surface area contributed by atoms with Crippen molar-refractivity contribution in [2.75, 3.05) is 18.7 Å². The van der Waals surface area contributed by atoms with Crippen LogP contribution in [0, 0.1) is 5.92 Å². The number of anilines is 1. The van der Waals surface area contributed by atoms with E-state index in [1.165, 1.54) is 0 Å². The van der Waals surface area contributed by atoms with Gasteiger partial charge < -0.3 is 19.7 Å². The van der Waals surface area contributed by atoms with E-state index in [0.717, 1.165) is 5.56 Å². The summed E-state index contributed by atoms with van der Waals surface area (Å²) in [4.78, 5) is 26.5. The Morgan fingerprint density at radius 3 is 2.85 bits per heavy atom. The number of halogens is 1. The first-order chi connectivity index (χ1) is 12.6. The van der Waals surface area contributed by atoms with E-state index in [9.17, 15) is 9.59 Å². The lowest BCUT2D eigenvalue weighted by molar-refractivity contribution is -0.128. The van der Waals surface area contributed by atoms with Gasteiger partial charge in [-0.1, -0.05) is 29.8 Å². The van der Waals surface area contributed by atoms with Gasteiger partial charge in [-0.25, -0.2) is 0 Å². The lowest BCUT2D eigenvalue weighted by Crippen LogP contribution is -2.28. The second-order valence-corrected chi connectivity index (χ2v) is 6.73. The van der Waals surface area contributed by atoms with Gasteiger partial charge in [0, 0.05) is 36.3 Å². The van der Waals surface area contributed by atoms with Crippen LogP contribution < -0.4 is 14.8 Å². The van der Waals surface area contributed by atoms with Crippen molar-refractivity contribution in [3.8, 4) is 11.5 Å². The molecule has 2 aromatic rings. The van der Waals surface area contributed by atoms with Crippen LogP contribution in [0.3, 0.4) is 0 Å². The van der Waals surface area contributed by atoms with Crippen LogP contribution in [0.25, 0.3) is 0 Å². The lowest BCUT2D eigenvalue weighted by Gasteiger charge is -2.17. The maximum atomic E-state index is 12.5. The summed E-state index contributed by atoms with van der Waals surface area (Å²) in [7, 11) is 0. The first-order valence-electron chi connectivity index (χ1n) is 8.32. The Labute approximate surface area is 155 Å². The normalized spacial score (nSPS) is 18.3. The summed E-state index contributed by atoms with van der Waals surface area (Å²) in [5.74, 6) is 0.639. The summed E-state index contributed by atoms with van der Waals surface area (Å²) < 4.78 is 10.6. The number of hydrogen-bond donors (Lipinski definition) is 1. The number of rotatable bonds is 4. The third kappa shape index (κ3) is 3.32. The topological polar surface area (TPSA) is 67.9 Å². The van der Waals surface area contributed by atoms with E-state index in [1.807, 2.05) is 18.2 Å². The number of carbonyl (C=O) groups excluding carboxylic acids is 2. The highest BCUT2D eigenvalue weighted by Crippen LogP contribution is 2.34. The quantitative estimate of drug-likeness (QED) is 0.895. The van der Waals surface area contributed by atoms with Crippen molar-refractivity contribution in [3.05, 3.63) is 53.1 Å². The second kappa shape index (κ2) is 6.88. The predicted octanol–water partition coefficient (Wildman–Crippen LogP) is 3.06. The summed E-state index contributed by atoms with van der Waals surface area (Å²) in [6.45, 7) is 0.966. The molecule has 2 aliphatic rings. The Morgan fingerprint density at radius 1 is 1.19 bits per heavy atom. The number of benzene rings is 2. The molecule has 0 bridgehead atoms. The van der Waals surface area contributed by atoms with Gasteiger partial charge in [0.2, 0.25) is 18.6 Å². The molecule has 134 valence electrons.